The number of aryl methyl sites for hydroxylation is 1. The number of hydrogen-bond acceptors (Lipinski definition) is 8. The Morgan fingerprint density at radius 3 is 3.00 bits per heavy atom. The lowest BCUT2D eigenvalue weighted by Gasteiger charge is -2.37. The van der Waals surface area contributed by atoms with Crippen LogP contribution < -0.4 is 19.9 Å². The highest BCUT2D eigenvalue weighted by molar-refractivity contribution is 5.67. The van der Waals surface area contributed by atoms with Crippen LogP contribution in [0, 0.1) is 5.41 Å². The Labute approximate surface area is 202 Å². The minimum absolute atomic E-state index is 0.132. The maximum atomic E-state index is 12.7. The van der Waals surface area contributed by atoms with E-state index < -0.39 is 0 Å². The Kier molecular flexibility index (Phi) is 5.66. The SMILES string of the molecule is CC1(COCc2ccc3c(c2)CCn2c-3cc(OCC3COc4ncccc4O3)nc2=O)COC1. The molecule has 2 aromatic heterocycles. The Morgan fingerprint density at radius 2 is 2.14 bits per heavy atom. The fraction of sp³-hybridized carbons (Fsp3) is 0.423. The van der Waals surface area contributed by atoms with Crippen molar-refractivity contribution in [2.75, 3.05) is 33.0 Å². The third-order valence-corrected chi connectivity index (χ3v) is 6.51. The van der Waals surface area contributed by atoms with Gasteiger partial charge in [0.2, 0.25) is 5.88 Å². The molecule has 1 atom stereocenters. The first kappa shape index (κ1) is 22.1. The van der Waals surface area contributed by atoms with Crippen molar-refractivity contribution in [1.82, 2.24) is 14.5 Å². The maximum Gasteiger partial charge on any atom is 0.351 e. The first-order chi connectivity index (χ1) is 17.1. The number of benzene rings is 1. The summed E-state index contributed by atoms with van der Waals surface area (Å²) in [4.78, 5) is 21.0. The van der Waals surface area contributed by atoms with E-state index >= 15 is 0 Å². The molecule has 0 radical (unpaired) electrons. The summed E-state index contributed by atoms with van der Waals surface area (Å²) in [5.41, 5.74) is 3.95. The van der Waals surface area contributed by atoms with E-state index in [2.05, 4.69) is 35.1 Å². The third kappa shape index (κ3) is 4.49. The van der Waals surface area contributed by atoms with E-state index in [0.717, 1.165) is 36.5 Å². The second-order valence-corrected chi connectivity index (χ2v) is 9.62. The van der Waals surface area contributed by atoms with Crippen LogP contribution in [-0.2, 0) is 29.0 Å². The highest BCUT2D eigenvalue weighted by Crippen LogP contribution is 2.32. The van der Waals surface area contributed by atoms with Crippen LogP contribution in [-0.4, -0.2) is 53.7 Å². The van der Waals surface area contributed by atoms with Gasteiger partial charge in [-0.15, -0.1) is 0 Å². The van der Waals surface area contributed by atoms with E-state index in [9.17, 15) is 4.79 Å². The predicted octanol–water partition coefficient (Wildman–Crippen LogP) is 2.63. The van der Waals surface area contributed by atoms with Crippen molar-refractivity contribution in [1.29, 1.82) is 0 Å². The number of aromatic nitrogens is 3. The van der Waals surface area contributed by atoms with Gasteiger partial charge in [0.15, 0.2) is 11.9 Å². The number of ether oxygens (including phenoxy) is 5. The topological polar surface area (TPSA) is 93.9 Å². The average molecular weight is 478 g/mol. The molecule has 1 unspecified atom stereocenters. The highest BCUT2D eigenvalue weighted by Gasteiger charge is 2.33. The second kappa shape index (κ2) is 8.98. The molecule has 6 rings (SSSR count). The molecule has 0 bridgehead atoms. The van der Waals surface area contributed by atoms with Gasteiger partial charge in [-0.1, -0.05) is 25.1 Å². The zero-order valence-electron chi connectivity index (χ0n) is 19.6. The molecule has 0 amide bonds. The Hall–Kier alpha value is -3.43. The van der Waals surface area contributed by atoms with Crippen molar-refractivity contribution in [2.24, 2.45) is 5.41 Å². The molecule has 1 aromatic carbocycles. The molecule has 1 fully saturated rings. The van der Waals surface area contributed by atoms with Gasteiger partial charge in [0.05, 0.1) is 32.1 Å². The van der Waals surface area contributed by atoms with E-state index in [0.29, 0.717) is 38.0 Å². The molecular formula is C26H27N3O6. The standard InChI is InChI=1S/C26H27N3O6/c1-26(15-32-16-26)14-31-11-17-4-5-20-18(9-17)6-8-29-21(20)10-23(28-25(29)30)33-12-19-13-34-24-22(35-19)3-2-7-27-24/h2-5,7,9-10,19H,6,8,11-16H2,1H3. The van der Waals surface area contributed by atoms with Crippen molar-refractivity contribution in [3.8, 4) is 28.8 Å². The van der Waals surface area contributed by atoms with E-state index in [1.807, 2.05) is 6.07 Å². The molecule has 9 nitrogen and oxygen atoms in total. The second-order valence-electron chi connectivity index (χ2n) is 9.62. The Bertz CT molecular complexity index is 1300. The van der Waals surface area contributed by atoms with Gasteiger partial charge in [-0.2, -0.15) is 4.98 Å². The van der Waals surface area contributed by atoms with Crippen LogP contribution in [0.15, 0.2) is 47.4 Å². The normalized spacial score (nSPS) is 19.3. The zero-order valence-corrected chi connectivity index (χ0v) is 19.6. The monoisotopic (exact) mass is 477 g/mol. The van der Waals surface area contributed by atoms with Gasteiger partial charge in [-0.05, 0) is 29.7 Å². The molecule has 0 saturated carbocycles. The fourth-order valence-corrected chi connectivity index (χ4v) is 4.59. The molecule has 0 aliphatic carbocycles. The summed E-state index contributed by atoms with van der Waals surface area (Å²) in [5, 5.41) is 0. The Morgan fingerprint density at radius 1 is 1.23 bits per heavy atom. The molecule has 3 aromatic rings. The molecular weight excluding hydrogens is 450 g/mol. The average Bonchev–Trinajstić information content (AvgIpc) is 2.86. The van der Waals surface area contributed by atoms with E-state index in [1.165, 1.54) is 5.56 Å². The summed E-state index contributed by atoms with van der Waals surface area (Å²) >= 11 is 0. The third-order valence-electron chi connectivity index (χ3n) is 6.51. The molecule has 3 aliphatic rings. The van der Waals surface area contributed by atoms with Gasteiger partial charge in [0, 0.05) is 29.8 Å². The molecule has 9 heteroatoms. The largest absolute Gasteiger partial charge is 0.478 e. The van der Waals surface area contributed by atoms with Crippen LogP contribution in [0.3, 0.4) is 0 Å². The van der Waals surface area contributed by atoms with Crippen LogP contribution in [0.25, 0.3) is 11.3 Å². The lowest BCUT2D eigenvalue weighted by atomic mass is 9.90. The van der Waals surface area contributed by atoms with Gasteiger partial charge >= 0.3 is 5.69 Å². The zero-order chi connectivity index (χ0) is 23.8. The quantitative estimate of drug-likeness (QED) is 0.513. The van der Waals surface area contributed by atoms with Crippen molar-refractivity contribution in [3.63, 3.8) is 0 Å². The van der Waals surface area contributed by atoms with Gasteiger partial charge in [0.1, 0.15) is 13.2 Å². The lowest BCUT2D eigenvalue weighted by Crippen LogP contribution is -2.43. The fourth-order valence-electron chi connectivity index (χ4n) is 4.59. The summed E-state index contributed by atoms with van der Waals surface area (Å²) < 4.78 is 30.3. The molecule has 3 aliphatic heterocycles. The van der Waals surface area contributed by atoms with Gasteiger partial charge in [0.25, 0.3) is 5.88 Å². The summed E-state index contributed by atoms with van der Waals surface area (Å²) in [6, 6.07) is 11.7. The van der Waals surface area contributed by atoms with E-state index in [1.54, 1.807) is 22.9 Å². The predicted molar refractivity (Wildman–Crippen MR) is 126 cm³/mol. The molecule has 0 N–H and O–H groups in total. The highest BCUT2D eigenvalue weighted by atomic mass is 16.6. The van der Waals surface area contributed by atoms with Crippen LogP contribution in [0.2, 0.25) is 0 Å². The number of hydrogen-bond donors (Lipinski definition) is 0. The van der Waals surface area contributed by atoms with E-state index in [4.69, 9.17) is 23.7 Å². The smallest absolute Gasteiger partial charge is 0.351 e. The van der Waals surface area contributed by atoms with Crippen molar-refractivity contribution < 1.29 is 23.7 Å². The molecule has 0 spiro atoms. The van der Waals surface area contributed by atoms with Gasteiger partial charge in [-0.3, -0.25) is 4.57 Å². The van der Waals surface area contributed by atoms with Crippen LogP contribution in [0.5, 0.6) is 17.5 Å². The van der Waals surface area contributed by atoms with E-state index in [-0.39, 0.29) is 29.7 Å². The Balaban J connectivity index is 1.15. The van der Waals surface area contributed by atoms with Crippen LogP contribution in [0.4, 0.5) is 0 Å². The first-order valence-corrected chi connectivity index (χ1v) is 11.8. The van der Waals surface area contributed by atoms with Gasteiger partial charge in [-0.25, -0.2) is 9.78 Å². The molecule has 182 valence electrons. The lowest BCUT2D eigenvalue weighted by molar-refractivity contribution is -0.140. The number of rotatable bonds is 7. The van der Waals surface area contributed by atoms with Crippen molar-refractivity contribution in [3.05, 3.63) is 64.2 Å². The first-order valence-electron chi connectivity index (χ1n) is 11.8. The molecule has 1 saturated heterocycles. The number of nitrogens with zero attached hydrogens (tertiary/aromatic N) is 3. The minimum atomic E-state index is -0.323. The molecule has 35 heavy (non-hydrogen) atoms. The minimum Gasteiger partial charge on any atom is -0.478 e. The summed E-state index contributed by atoms with van der Waals surface area (Å²) in [6.45, 7) is 6.03. The number of fused-ring (bicyclic) bond motifs is 4. The van der Waals surface area contributed by atoms with Gasteiger partial charge < -0.3 is 23.7 Å². The summed E-state index contributed by atoms with van der Waals surface area (Å²) in [6.07, 6.45) is 2.10. The van der Waals surface area contributed by atoms with Crippen LogP contribution >= 0.6 is 0 Å². The maximum absolute atomic E-state index is 12.7. The number of pyridine rings is 1. The van der Waals surface area contributed by atoms with Crippen LogP contribution in [0.1, 0.15) is 18.1 Å². The summed E-state index contributed by atoms with van der Waals surface area (Å²) in [7, 11) is 0. The molecule has 5 heterocycles. The van der Waals surface area contributed by atoms with Crippen molar-refractivity contribution >= 4 is 0 Å². The summed E-state index contributed by atoms with van der Waals surface area (Å²) in [5.74, 6) is 1.33. The van der Waals surface area contributed by atoms with Crippen molar-refractivity contribution in [2.45, 2.75) is 32.6 Å².